The zero-order valence-electron chi connectivity index (χ0n) is 15.0. The molecule has 0 radical (unpaired) electrons. The van der Waals surface area contributed by atoms with Gasteiger partial charge in [0, 0.05) is 42.3 Å². The second-order valence-corrected chi connectivity index (χ2v) is 7.91. The van der Waals surface area contributed by atoms with Crippen molar-refractivity contribution in [2.75, 3.05) is 24.2 Å². The van der Waals surface area contributed by atoms with E-state index in [4.69, 9.17) is 0 Å². The standard InChI is InChI=1S/C20H22N4O2S/c25-19-13-27-18-5-4-14(11-17(18)23-19)20(26)22-15-6-9-24(10-7-15)12-16-3-1-2-8-21-16/h1-5,8,11,15H,6-7,9-10,12-13H2,(H,22,26)(H,23,25). The summed E-state index contributed by atoms with van der Waals surface area (Å²) in [5, 5.41) is 5.97. The lowest BCUT2D eigenvalue weighted by Gasteiger charge is -2.32. The lowest BCUT2D eigenvalue weighted by molar-refractivity contribution is -0.113. The predicted molar refractivity (Wildman–Crippen MR) is 106 cm³/mol. The minimum Gasteiger partial charge on any atom is -0.349 e. The van der Waals surface area contributed by atoms with E-state index in [1.165, 1.54) is 11.8 Å². The highest BCUT2D eigenvalue weighted by molar-refractivity contribution is 8.00. The molecule has 0 spiro atoms. The highest BCUT2D eigenvalue weighted by atomic mass is 32.2. The number of rotatable bonds is 4. The van der Waals surface area contributed by atoms with Crippen LogP contribution < -0.4 is 10.6 Å². The van der Waals surface area contributed by atoms with E-state index in [-0.39, 0.29) is 17.9 Å². The largest absolute Gasteiger partial charge is 0.349 e. The van der Waals surface area contributed by atoms with Crippen LogP contribution in [0.25, 0.3) is 0 Å². The fourth-order valence-electron chi connectivity index (χ4n) is 3.45. The molecule has 140 valence electrons. The first-order valence-electron chi connectivity index (χ1n) is 9.17. The summed E-state index contributed by atoms with van der Waals surface area (Å²) in [5.74, 6) is 0.325. The van der Waals surface area contributed by atoms with E-state index in [1.54, 1.807) is 6.07 Å². The van der Waals surface area contributed by atoms with Crippen LogP contribution in [0.2, 0.25) is 0 Å². The van der Waals surface area contributed by atoms with Crippen molar-refractivity contribution in [3.63, 3.8) is 0 Å². The van der Waals surface area contributed by atoms with E-state index in [2.05, 4.69) is 20.5 Å². The van der Waals surface area contributed by atoms with E-state index in [0.29, 0.717) is 11.3 Å². The summed E-state index contributed by atoms with van der Waals surface area (Å²) in [6, 6.07) is 11.7. The molecule has 4 rings (SSSR count). The summed E-state index contributed by atoms with van der Waals surface area (Å²) >= 11 is 1.50. The summed E-state index contributed by atoms with van der Waals surface area (Å²) in [7, 11) is 0. The SMILES string of the molecule is O=C1CSc2ccc(C(=O)NC3CCN(Cc4ccccn4)CC3)cc2N1. The highest BCUT2D eigenvalue weighted by Gasteiger charge is 2.22. The average Bonchev–Trinajstić information content (AvgIpc) is 2.69. The Hall–Kier alpha value is -2.38. The highest BCUT2D eigenvalue weighted by Crippen LogP contribution is 2.32. The Kier molecular flexibility index (Phi) is 5.40. The fraction of sp³-hybridized carbons (Fsp3) is 0.350. The molecular formula is C20H22N4O2S. The third-order valence-corrected chi connectivity index (χ3v) is 5.98. The maximum atomic E-state index is 12.6. The van der Waals surface area contributed by atoms with Gasteiger partial charge in [0.25, 0.3) is 5.91 Å². The number of thioether (sulfide) groups is 1. The Morgan fingerprint density at radius 3 is 2.89 bits per heavy atom. The topological polar surface area (TPSA) is 74.3 Å². The lowest BCUT2D eigenvalue weighted by atomic mass is 10.0. The number of hydrogen-bond donors (Lipinski definition) is 2. The molecule has 2 aliphatic heterocycles. The number of likely N-dealkylation sites (tertiary alicyclic amines) is 1. The van der Waals surface area contributed by atoms with Gasteiger partial charge in [-0.15, -0.1) is 11.8 Å². The fourth-order valence-corrected chi connectivity index (χ4v) is 4.24. The van der Waals surface area contributed by atoms with Gasteiger partial charge in [-0.05, 0) is 43.2 Å². The zero-order chi connectivity index (χ0) is 18.6. The minimum atomic E-state index is -0.0780. The number of benzene rings is 1. The molecule has 1 aromatic carbocycles. The van der Waals surface area contributed by atoms with Gasteiger partial charge >= 0.3 is 0 Å². The number of nitrogens with one attached hydrogen (secondary N) is 2. The number of hydrogen-bond acceptors (Lipinski definition) is 5. The molecule has 2 aromatic rings. The van der Waals surface area contributed by atoms with E-state index < -0.39 is 0 Å². The maximum absolute atomic E-state index is 12.6. The molecule has 27 heavy (non-hydrogen) atoms. The Balaban J connectivity index is 1.31. The van der Waals surface area contributed by atoms with Gasteiger partial charge in [-0.2, -0.15) is 0 Å². The molecule has 2 aliphatic rings. The van der Waals surface area contributed by atoms with Crippen LogP contribution in [0.3, 0.4) is 0 Å². The molecule has 2 N–H and O–H groups in total. The molecule has 0 bridgehead atoms. The molecule has 1 saturated heterocycles. The van der Waals surface area contributed by atoms with Crippen LogP contribution in [0.5, 0.6) is 0 Å². The van der Waals surface area contributed by atoms with Crippen LogP contribution in [0.15, 0.2) is 47.5 Å². The van der Waals surface area contributed by atoms with Crippen molar-refractivity contribution in [2.45, 2.75) is 30.3 Å². The molecule has 6 nitrogen and oxygen atoms in total. The predicted octanol–water partition coefficient (Wildman–Crippen LogP) is 2.52. The number of anilines is 1. The quantitative estimate of drug-likeness (QED) is 0.850. The Morgan fingerprint density at radius 2 is 2.11 bits per heavy atom. The maximum Gasteiger partial charge on any atom is 0.251 e. The number of amides is 2. The zero-order valence-corrected chi connectivity index (χ0v) is 15.8. The molecule has 0 atom stereocenters. The van der Waals surface area contributed by atoms with E-state index in [1.807, 2.05) is 36.5 Å². The first-order chi connectivity index (χ1) is 13.2. The number of nitrogens with zero attached hydrogens (tertiary/aromatic N) is 2. The molecule has 7 heteroatoms. The van der Waals surface area contributed by atoms with Crippen LogP contribution in [0.4, 0.5) is 5.69 Å². The van der Waals surface area contributed by atoms with E-state index in [0.717, 1.165) is 48.8 Å². The molecule has 1 fully saturated rings. The second-order valence-electron chi connectivity index (χ2n) is 6.89. The second kappa shape index (κ2) is 8.10. The molecule has 0 unspecified atom stereocenters. The first-order valence-corrected chi connectivity index (χ1v) is 10.2. The normalized spacial score (nSPS) is 17.9. The van der Waals surface area contributed by atoms with Crippen LogP contribution in [0, 0.1) is 0 Å². The van der Waals surface area contributed by atoms with Gasteiger partial charge in [-0.1, -0.05) is 6.07 Å². The summed E-state index contributed by atoms with van der Waals surface area (Å²) in [6.07, 6.45) is 3.67. The van der Waals surface area contributed by atoms with Crippen molar-refractivity contribution in [1.29, 1.82) is 0 Å². The minimum absolute atomic E-state index is 0.0228. The smallest absolute Gasteiger partial charge is 0.251 e. The molecule has 0 saturated carbocycles. The van der Waals surface area contributed by atoms with Gasteiger partial charge < -0.3 is 10.6 Å². The van der Waals surface area contributed by atoms with Gasteiger partial charge in [-0.25, -0.2) is 0 Å². The van der Waals surface area contributed by atoms with Crippen molar-refractivity contribution in [3.05, 3.63) is 53.9 Å². The molecular weight excluding hydrogens is 360 g/mol. The summed E-state index contributed by atoms with van der Waals surface area (Å²) in [6.45, 7) is 2.74. The summed E-state index contributed by atoms with van der Waals surface area (Å²) in [5.41, 5.74) is 2.40. The van der Waals surface area contributed by atoms with Gasteiger partial charge in [0.05, 0.1) is 17.1 Å². The number of fused-ring (bicyclic) bond motifs is 1. The number of pyridine rings is 1. The summed E-state index contributed by atoms with van der Waals surface area (Å²) < 4.78 is 0. The third-order valence-electron chi connectivity index (χ3n) is 4.91. The van der Waals surface area contributed by atoms with Gasteiger partial charge in [-0.3, -0.25) is 19.5 Å². The Morgan fingerprint density at radius 1 is 1.26 bits per heavy atom. The van der Waals surface area contributed by atoms with Crippen molar-refractivity contribution in [3.8, 4) is 0 Å². The van der Waals surface area contributed by atoms with Gasteiger partial charge in [0.1, 0.15) is 0 Å². The van der Waals surface area contributed by atoms with Crippen molar-refractivity contribution in [1.82, 2.24) is 15.2 Å². The number of carbonyl (C=O) groups excluding carboxylic acids is 2. The molecule has 1 aromatic heterocycles. The van der Waals surface area contributed by atoms with E-state index >= 15 is 0 Å². The number of aromatic nitrogens is 1. The van der Waals surface area contributed by atoms with Gasteiger partial charge in [0.2, 0.25) is 5.91 Å². The summed E-state index contributed by atoms with van der Waals surface area (Å²) in [4.78, 5) is 31.9. The van der Waals surface area contributed by atoms with Crippen LogP contribution in [0.1, 0.15) is 28.9 Å². The van der Waals surface area contributed by atoms with Gasteiger partial charge in [0.15, 0.2) is 0 Å². The monoisotopic (exact) mass is 382 g/mol. The molecule has 2 amide bonds. The van der Waals surface area contributed by atoms with Crippen molar-refractivity contribution in [2.24, 2.45) is 0 Å². The third kappa shape index (κ3) is 4.48. The Bertz CT molecular complexity index is 835. The lowest BCUT2D eigenvalue weighted by Crippen LogP contribution is -2.44. The van der Waals surface area contributed by atoms with Crippen LogP contribution in [-0.4, -0.2) is 46.6 Å². The molecule has 3 heterocycles. The van der Waals surface area contributed by atoms with Crippen molar-refractivity contribution >= 4 is 29.3 Å². The first kappa shape index (κ1) is 18.0. The molecule has 0 aliphatic carbocycles. The van der Waals surface area contributed by atoms with Crippen LogP contribution >= 0.6 is 11.8 Å². The van der Waals surface area contributed by atoms with Crippen LogP contribution in [-0.2, 0) is 11.3 Å². The van der Waals surface area contributed by atoms with Crippen molar-refractivity contribution < 1.29 is 9.59 Å². The Labute approximate surface area is 162 Å². The number of piperidine rings is 1. The van der Waals surface area contributed by atoms with E-state index in [9.17, 15) is 9.59 Å². The average molecular weight is 382 g/mol. The number of carbonyl (C=O) groups is 2.